The molecule has 20 heavy (non-hydrogen) atoms. The lowest BCUT2D eigenvalue weighted by Crippen LogP contribution is -2.40. The zero-order valence-electron chi connectivity index (χ0n) is 11.3. The van der Waals surface area contributed by atoms with E-state index in [4.69, 9.17) is 8.83 Å². The SMILES string of the molecule is CN(Cc1nnc(-c2ccc(Br)o2)o1)C1CCNCC1. The largest absolute Gasteiger partial charge is 0.444 e. The average molecular weight is 341 g/mol. The summed E-state index contributed by atoms with van der Waals surface area (Å²) in [5.74, 6) is 1.62. The van der Waals surface area contributed by atoms with Crippen LogP contribution in [0.15, 0.2) is 25.6 Å². The zero-order chi connectivity index (χ0) is 13.9. The summed E-state index contributed by atoms with van der Waals surface area (Å²) >= 11 is 3.26. The van der Waals surface area contributed by atoms with Crippen LogP contribution < -0.4 is 5.32 Å². The monoisotopic (exact) mass is 340 g/mol. The fourth-order valence-corrected chi connectivity index (χ4v) is 2.74. The van der Waals surface area contributed by atoms with E-state index in [-0.39, 0.29) is 0 Å². The predicted molar refractivity (Wildman–Crippen MR) is 77.1 cm³/mol. The Hall–Kier alpha value is -1.18. The van der Waals surface area contributed by atoms with Crippen molar-refractivity contribution in [2.45, 2.75) is 25.4 Å². The van der Waals surface area contributed by atoms with Gasteiger partial charge < -0.3 is 14.2 Å². The molecule has 0 aliphatic carbocycles. The van der Waals surface area contributed by atoms with Crippen molar-refractivity contribution in [3.63, 3.8) is 0 Å². The van der Waals surface area contributed by atoms with Crippen LogP contribution in [0.3, 0.4) is 0 Å². The predicted octanol–water partition coefficient (Wildman–Crippen LogP) is 2.28. The Labute approximate surface area is 125 Å². The second kappa shape index (κ2) is 6.07. The summed E-state index contributed by atoms with van der Waals surface area (Å²) in [6.07, 6.45) is 2.31. The molecule has 3 rings (SSSR count). The van der Waals surface area contributed by atoms with Gasteiger partial charge in [-0.1, -0.05) is 0 Å². The van der Waals surface area contributed by atoms with E-state index >= 15 is 0 Å². The van der Waals surface area contributed by atoms with Crippen molar-refractivity contribution in [1.82, 2.24) is 20.4 Å². The van der Waals surface area contributed by atoms with Crippen LogP contribution in [-0.2, 0) is 6.54 Å². The van der Waals surface area contributed by atoms with Crippen LogP contribution in [0, 0.1) is 0 Å². The second-order valence-electron chi connectivity index (χ2n) is 5.00. The molecule has 7 heteroatoms. The van der Waals surface area contributed by atoms with Gasteiger partial charge in [0.1, 0.15) is 0 Å². The van der Waals surface area contributed by atoms with Gasteiger partial charge >= 0.3 is 0 Å². The fraction of sp³-hybridized carbons (Fsp3) is 0.538. The van der Waals surface area contributed by atoms with Crippen LogP contribution in [0.4, 0.5) is 0 Å². The van der Waals surface area contributed by atoms with Gasteiger partial charge in [-0.3, -0.25) is 4.90 Å². The third-order valence-corrected chi connectivity index (χ3v) is 3.99. The lowest BCUT2D eigenvalue weighted by atomic mass is 10.1. The zero-order valence-corrected chi connectivity index (χ0v) is 12.9. The summed E-state index contributed by atoms with van der Waals surface area (Å²) in [6.45, 7) is 2.81. The summed E-state index contributed by atoms with van der Waals surface area (Å²) in [5.41, 5.74) is 0. The lowest BCUT2D eigenvalue weighted by molar-refractivity contribution is 0.177. The first kappa shape index (κ1) is 13.8. The van der Waals surface area contributed by atoms with E-state index in [0.29, 0.717) is 34.8 Å². The molecule has 0 atom stereocenters. The third kappa shape index (κ3) is 3.11. The summed E-state index contributed by atoms with van der Waals surface area (Å²) < 4.78 is 11.7. The highest BCUT2D eigenvalue weighted by molar-refractivity contribution is 9.10. The summed E-state index contributed by atoms with van der Waals surface area (Å²) in [4.78, 5) is 2.27. The molecule has 0 amide bonds. The number of aromatic nitrogens is 2. The highest BCUT2D eigenvalue weighted by atomic mass is 79.9. The third-order valence-electron chi connectivity index (χ3n) is 3.57. The van der Waals surface area contributed by atoms with Gasteiger partial charge in [-0.05, 0) is 61.0 Å². The molecular weight excluding hydrogens is 324 g/mol. The number of nitrogens with zero attached hydrogens (tertiary/aromatic N) is 3. The number of halogens is 1. The van der Waals surface area contributed by atoms with E-state index in [9.17, 15) is 0 Å². The molecule has 1 saturated heterocycles. The maximum Gasteiger partial charge on any atom is 0.283 e. The lowest BCUT2D eigenvalue weighted by Gasteiger charge is -2.30. The van der Waals surface area contributed by atoms with E-state index in [1.54, 1.807) is 12.1 Å². The van der Waals surface area contributed by atoms with Crippen LogP contribution in [0.25, 0.3) is 11.7 Å². The standard InChI is InChI=1S/C13H17BrN4O2/c1-18(9-4-6-15-7-5-9)8-12-16-17-13(20-12)10-2-3-11(14)19-10/h2-3,9,15H,4-8H2,1H3. The highest BCUT2D eigenvalue weighted by Gasteiger charge is 2.20. The molecule has 1 fully saturated rings. The number of rotatable bonds is 4. The molecule has 108 valence electrons. The molecule has 0 spiro atoms. The van der Waals surface area contributed by atoms with Gasteiger partial charge in [0.2, 0.25) is 5.89 Å². The van der Waals surface area contributed by atoms with Gasteiger partial charge in [-0.2, -0.15) is 0 Å². The molecule has 1 N–H and O–H groups in total. The number of furan rings is 1. The topological polar surface area (TPSA) is 67.3 Å². The van der Waals surface area contributed by atoms with E-state index in [0.717, 1.165) is 25.9 Å². The Morgan fingerprint density at radius 3 is 2.80 bits per heavy atom. The number of hydrogen-bond donors (Lipinski definition) is 1. The Kier molecular flexibility index (Phi) is 4.18. The Balaban J connectivity index is 1.64. The molecule has 2 aromatic heterocycles. The fourth-order valence-electron chi connectivity index (χ4n) is 2.44. The van der Waals surface area contributed by atoms with Gasteiger partial charge in [-0.15, -0.1) is 10.2 Å². The van der Waals surface area contributed by atoms with Crippen molar-refractivity contribution in [2.75, 3.05) is 20.1 Å². The number of nitrogens with one attached hydrogen (secondary N) is 1. The minimum absolute atomic E-state index is 0.421. The molecular formula is C13H17BrN4O2. The average Bonchev–Trinajstić information content (AvgIpc) is 3.09. The minimum Gasteiger partial charge on any atom is -0.444 e. The first-order valence-electron chi connectivity index (χ1n) is 6.71. The molecule has 0 saturated carbocycles. The maximum absolute atomic E-state index is 5.65. The second-order valence-corrected chi connectivity index (χ2v) is 5.78. The normalized spacial score (nSPS) is 16.9. The molecule has 6 nitrogen and oxygen atoms in total. The van der Waals surface area contributed by atoms with Crippen molar-refractivity contribution in [1.29, 1.82) is 0 Å². The molecule has 1 aliphatic rings. The summed E-state index contributed by atoms with van der Waals surface area (Å²) in [5, 5.41) is 11.5. The van der Waals surface area contributed by atoms with E-state index in [2.05, 4.69) is 43.4 Å². The van der Waals surface area contributed by atoms with E-state index in [1.807, 2.05) is 0 Å². The Bertz CT molecular complexity index is 562. The number of hydrogen-bond acceptors (Lipinski definition) is 6. The van der Waals surface area contributed by atoms with Gasteiger partial charge in [0.15, 0.2) is 10.4 Å². The molecule has 0 bridgehead atoms. The molecule has 1 aliphatic heterocycles. The molecule has 2 aromatic rings. The van der Waals surface area contributed by atoms with E-state index in [1.165, 1.54) is 0 Å². The summed E-state index contributed by atoms with van der Waals surface area (Å²) in [6, 6.07) is 4.18. The van der Waals surface area contributed by atoms with Crippen molar-refractivity contribution < 1.29 is 8.83 Å². The van der Waals surface area contributed by atoms with Crippen LogP contribution in [0.1, 0.15) is 18.7 Å². The van der Waals surface area contributed by atoms with Crippen LogP contribution in [-0.4, -0.2) is 41.3 Å². The van der Waals surface area contributed by atoms with Crippen LogP contribution >= 0.6 is 15.9 Å². The quantitative estimate of drug-likeness (QED) is 0.920. The molecule has 0 aromatic carbocycles. The van der Waals surface area contributed by atoms with Gasteiger partial charge in [-0.25, -0.2) is 0 Å². The van der Waals surface area contributed by atoms with Gasteiger partial charge in [0, 0.05) is 6.04 Å². The van der Waals surface area contributed by atoms with E-state index < -0.39 is 0 Å². The minimum atomic E-state index is 0.421. The van der Waals surface area contributed by atoms with Gasteiger partial charge in [0.25, 0.3) is 5.89 Å². The highest BCUT2D eigenvalue weighted by Crippen LogP contribution is 2.24. The van der Waals surface area contributed by atoms with Crippen LogP contribution in [0.2, 0.25) is 0 Å². The summed E-state index contributed by atoms with van der Waals surface area (Å²) in [7, 11) is 2.10. The van der Waals surface area contributed by atoms with Crippen molar-refractivity contribution in [3.05, 3.63) is 22.7 Å². The van der Waals surface area contributed by atoms with Crippen LogP contribution in [0.5, 0.6) is 0 Å². The first-order chi connectivity index (χ1) is 9.72. The molecule has 0 radical (unpaired) electrons. The molecule has 0 unspecified atom stereocenters. The first-order valence-corrected chi connectivity index (χ1v) is 7.51. The van der Waals surface area contributed by atoms with Crippen molar-refractivity contribution in [2.24, 2.45) is 0 Å². The maximum atomic E-state index is 5.65. The van der Waals surface area contributed by atoms with Gasteiger partial charge in [0.05, 0.1) is 6.54 Å². The Morgan fingerprint density at radius 2 is 2.10 bits per heavy atom. The molecule has 3 heterocycles. The van der Waals surface area contributed by atoms with Crippen molar-refractivity contribution in [3.8, 4) is 11.7 Å². The smallest absolute Gasteiger partial charge is 0.283 e. The Morgan fingerprint density at radius 1 is 1.30 bits per heavy atom. The van der Waals surface area contributed by atoms with Crippen molar-refractivity contribution >= 4 is 15.9 Å². The number of piperidine rings is 1.